The van der Waals surface area contributed by atoms with Gasteiger partial charge in [0.15, 0.2) is 11.6 Å². The SMILES string of the molecule is Nc1cccc(Nc2nc(Nc3cccc(S(N)(=O)=O)c3)ncc2F)c1. The number of rotatable bonds is 5. The normalized spacial score (nSPS) is 11.2. The average Bonchev–Trinajstić information content (AvgIpc) is 2.57. The zero-order chi connectivity index (χ0) is 18.7. The molecular formula is C16H15FN6O2S. The molecule has 6 N–H and O–H groups in total. The van der Waals surface area contributed by atoms with Crippen LogP contribution in [0.4, 0.5) is 33.2 Å². The predicted molar refractivity (Wildman–Crippen MR) is 97.2 cm³/mol. The minimum atomic E-state index is -3.84. The molecule has 134 valence electrons. The highest BCUT2D eigenvalue weighted by Crippen LogP contribution is 2.22. The molecule has 0 aliphatic rings. The number of nitrogens with two attached hydrogens (primary N) is 2. The van der Waals surface area contributed by atoms with E-state index in [0.29, 0.717) is 17.1 Å². The number of hydrogen-bond acceptors (Lipinski definition) is 7. The van der Waals surface area contributed by atoms with Crippen molar-refractivity contribution in [1.29, 1.82) is 0 Å². The molecule has 0 saturated heterocycles. The summed E-state index contributed by atoms with van der Waals surface area (Å²) in [4.78, 5) is 7.83. The van der Waals surface area contributed by atoms with Gasteiger partial charge in [0.1, 0.15) is 0 Å². The average molecular weight is 374 g/mol. The number of nitrogens with zero attached hydrogens (tertiary/aromatic N) is 2. The molecule has 0 radical (unpaired) electrons. The standard InChI is InChI=1S/C16H15FN6O2S/c17-14-9-20-16(22-12-5-2-6-13(8-12)26(19,24)25)23-15(14)21-11-4-1-3-10(18)7-11/h1-9H,18H2,(H2,19,24,25)(H2,20,21,22,23). The van der Waals surface area contributed by atoms with Gasteiger partial charge in [-0.3, -0.25) is 0 Å². The molecule has 0 aliphatic carbocycles. The summed E-state index contributed by atoms with van der Waals surface area (Å²) in [5, 5.41) is 10.7. The van der Waals surface area contributed by atoms with E-state index in [2.05, 4.69) is 20.6 Å². The van der Waals surface area contributed by atoms with Gasteiger partial charge in [0, 0.05) is 17.1 Å². The van der Waals surface area contributed by atoms with Crippen LogP contribution < -0.4 is 21.5 Å². The third-order valence-electron chi connectivity index (χ3n) is 3.31. The van der Waals surface area contributed by atoms with E-state index in [4.69, 9.17) is 10.9 Å². The minimum absolute atomic E-state index is 0.0595. The summed E-state index contributed by atoms with van der Waals surface area (Å²) in [5.41, 5.74) is 7.16. The largest absolute Gasteiger partial charge is 0.399 e. The summed E-state index contributed by atoms with van der Waals surface area (Å²) in [7, 11) is -3.84. The molecule has 0 amide bonds. The van der Waals surface area contributed by atoms with E-state index in [9.17, 15) is 12.8 Å². The highest BCUT2D eigenvalue weighted by Gasteiger charge is 2.11. The van der Waals surface area contributed by atoms with Crippen molar-refractivity contribution in [3.63, 3.8) is 0 Å². The van der Waals surface area contributed by atoms with Crippen LogP contribution in [0.3, 0.4) is 0 Å². The molecule has 8 nitrogen and oxygen atoms in total. The zero-order valence-electron chi connectivity index (χ0n) is 13.3. The molecule has 26 heavy (non-hydrogen) atoms. The lowest BCUT2D eigenvalue weighted by Gasteiger charge is -2.10. The van der Waals surface area contributed by atoms with Crippen LogP contribution in [0.25, 0.3) is 0 Å². The van der Waals surface area contributed by atoms with Crippen molar-refractivity contribution in [2.24, 2.45) is 5.14 Å². The number of primary sulfonamides is 1. The fourth-order valence-corrected chi connectivity index (χ4v) is 2.71. The van der Waals surface area contributed by atoms with Crippen LogP contribution in [-0.2, 0) is 10.0 Å². The lowest BCUT2D eigenvalue weighted by atomic mass is 10.3. The van der Waals surface area contributed by atoms with E-state index in [1.807, 2.05) is 0 Å². The molecule has 0 fully saturated rings. The quantitative estimate of drug-likeness (QED) is 0.503. The summed E-state index contributed by atoms with van der Waals surface area (Å²) in [6.45, 7) is 0. The minimum Gasteiger partial charge on any atom is -0.399 e. The first-order valence-corrected chi connectivity index (χ1v) is 8.91. The molecule has 0 aliphatic heterocycles. The van der Waals surface area contributed by atoms with Gasteiger partial charge in [-0.1, -0.05) is 12.1 Å². The molecule has 0 unspecified atom stereocenters. The molecule has 3 rings (SSSR count). The van der Waals surface area contributed by atoms with E-state index in [0.717, 1.165) is 6.20 Å². The Balaban J connectivity index is 1.86. The molecule has 10 heteroatoms. The monoisotopic (exact) mass is 374 g/mol. The van der Waals surface area contributed by atoms with Gasteiger partial charge in [-0.15, -0.1) is 0 Å². The summed E-state index contributed by atoms with van der Waals surface area (Å²) in [6, 6.07) is 12.6. The number of aromatic nitrogens is 2. The van der Waals surface area contributed by atoms with Crippen LogP contribution in [0.5, 0.6) is 0 Å². The summed E-state index contributed by atoms with van der Waals surface area (Å²) in [5.74, 6) is -0.642. The van der Waals surface area contributed by atoms with Gasteiger partial charge in [0.2, 0.25) is 16.0 Å². The van der Waals surface area contributed by atoms with E-state index in [1.54, 1.807) is 30.3 Å². The first kappa shape index (κ1) is 17.6. The molecule has 1 heterocycles. The molecule has 1 aromatic heterocycles. The molecular weight excluding hydrogens is 359 g/mol. The Labute approximate surface area is 149 Å². The first-order chi connectivity index (χ1) is 12.3. The Bertz CT molecular complexity index is 1060. The van der Waals surface area contributed by atoms with Gasteiger partial charge in [-0.2, -0.15) is 4.98 Å². The Kier molecular flexibility index (Phi) is 4.69. The Hall–Kier alpha value is -3.24. The van der Waals surface area contributed by atoms with Crippen LogP contribution in [0, 0.1) is 5.82 Å². The van der Waals surface area contributed by atoms with Crippen molar-refractivity contribution in [3.8, 4) is 0 Å². The van der Waals surface area contributed by atoms with Crippen LogP contribution >= 0.6 is 0 Å². The zero-order valence-corrected chi connectivity index (χ0v) is 14.2. The summed E-state index contributed by atoms with van der Waals surface area (Å²) in [6.07, 6.45) is 0.994. The second-order valence-electron chi connectivity index (χ2n) is 5.34. The second-order valence-corrected chi connectivity index (χ2v) is 6.90. The molecule has 3 aromatic rings. The first-order valence-electron chi connectivity index (χ1n) is 7.36. The maximum Gasteiger partial charge on any atom is 0.238 e. The fraction of sp³-hybridized carbons (Fsp3) is 0. The van der Waals surface area contributed by atoms with Crippen molar-refractivity contribution in [2.45, 2.75) is 4.90 Å². The number of hydrogen-bond donors (Lipinski definition) is 4. The molecule has 2 aromatic carbocycles. The smallest absolute Gasteiger partial charge is 0.238 e. The van der Waals surface area contributed by atoms with E-state index in [1.165, 1.54) is 18.2 Å². The van der Waals surface area contributed by atoms with Crippen molar-refractivity contribution in [3.05, 3.63) is 60.5 Å². The topological polar surface area (TPSA) is 136 Å². The molecule has 0 spiro atoms. The van der Waals surface area contributed by atoms with Crippen molar-refractivity contribution >= 4 is 38.9 Å². The molecule has 0 bridgehead atoms. The van der Waals surface area contributed by atoms with Crippen LogP contribution in [-0.4, -0.2) is 18.4 Å². The van der Waals surface area contributed by atoms with Gasteiger partial charge >= 0.3 is 0 Å². The number of halogens is 1. The van der Waals surface area contributed by atoms with E-state index >= 15 is 0 Å². The maximum atomic E-state index is 14.0. The second kappa shape index (κ2) is 6.94. The highest BCUT2D eigenvalue weighted by molar-refractivity contribution is 7.89. The molecule has 0 atom stereocenters. The van der Waals surface area contributed by atoms with E-state index in [-0.39, 0.29) is 16.7 Å². The predicted octanol–water partition coefficient (Wildman–Crippen LogP) is 2.33. The third kappa shape index (κ3) is 4.23. The number of benzene rings is 2. The van der Waals surface area contributed by atoms with Crippen LogP contribution in [0.2, 0.25) is 0 Å². The third-order valence-corrected chi connectivity index (χ3v) is 4.22. The highest BCUT2D eigenvalue weighted by atomic mass is 32.2. The Morgan fingerprint density at radius 2 is 1.69 bits per heavy atom. The number of anilines is 5. The lowest BCUT2D eigenvalue weighted by molar-refractivity contribution is 0.598. The summed E-state index contributed by atoms with van der Waals surface area (Å²) >= 11 is 0. The van der Waals surface area contributed by atoms with Crippen LogP contribution in [0.1, 0.15) is 0 Å². The van der Waals surface area contributed by atoms with Gasteiger partial charge in [0.25, 0.3) is 0 Å². The lowest BCUT2D eigenvalue weighted by Crippen LogP contribution is -2.12. The van der Waals surface area contributed by atoms with Gasteiger partial charge in [-0.05, 0) is 36.4 Å². The van der Waals surface area contributed by atoms with Crippen molar-refractivity contribution in [2.75, 3.05) is 16.4 Å². The number of sulfonamides is 1. The van der Waals surface area contributed by atoms with Crippen LogP contribution in [0.15, 0.2) is 59.6 Å². The number of nitrogens with one attached hydrogen (secondary N) is 2. The van der Waals surface area contributed by atoms with Gasteiger partial charge in [-0.25, -0.2) is 22.9 Å². The maximum absolute atomic E-state index is 14.0. The van der Waals surface area contributed by atoms with Gasteiger partial charge < -0.3 is 16.4 Å². The van der Waals surface area contributed by atoms with E-state index < -0.39 is 15.8 Å². The number of nitrogen functional groups attached to an aromatic ring is 1. The van der Waals surface area contributed by atoms with Gasteiger partial charge in [0.05, 0.1) is 11.1 Å². The summed E-state index contributed by atoms with van der Waals surface area (Å²) < 4.78 is 36.8. The Morgan fingerprint density at radius 1 is 1.00 bits per heavy atom. The fourth-order valence-electron chi connectivity index (χ4n) is 2.15. The van der Waals surface area contributed by atoms with Crippen molar-refractivity contribution in [1.82, 2.24) is 9.97 Å². The van der Waals surface area contributed by atoms with Crippen molar-refractivity contribution < 1.29 is 12.8 Å². The Morgan fingerprint density at radius 3 is 2.38 bits per heavy atom. The molecule has 0 saturated carbocycles.